The molecule has 184 valence electrons. The molecule has 0 radical (unpaired) electrons. The van der Waals surface area contributed by atoms with Crippen molar-refractivity contribution in [3.05, 3.63) is 133 Å². The summed E-state index contributed by atoms with van der Waals surface area (Å²) in [6.45, 7) is 0. The lowest BCUT2D eigenvalue weighted by atomic mass is 9.92. The Morgan fingerprint density at radius 3 is 1.97 bits per heavy atom. The van der Waals surface area contributed by atoms with E-state index >= 15 is 0 Å². The molecule has 4 nitrogen and oxygen atoms in total. The number of aliphatic hydroxyl groups is 1. The fourth-order valence-electron chi connectivity index (χ4n) is 4.60. The zero-order valence-corrected chi connectivity index (χ0v) is 22.6. The van der Waals surface area contributed by atoms with Gasteiger partial charge in [-0.25, -0.2) is 0 Å². The molecule has 0 bridgehead atoms. The lowest BCUT2D eigenvalue weighted by Crippen LogP contribution is -2.42. The van der Waals surface area contributed by atoms with E-state index in [0.717, 1.165) is 0 Å². The molecule has 6 rings (SSSR count). The number of benzene rings is 4. The third kappa shape index (κ3) is 3.59. The average molecular weight is 588 g/mol. The first-order chi connectivity index (χ1) is 17.9. The van der Waals surface area contributed by atoms with Gasteiger partial charge in [0, 0.05) is 22.3 Å². The monoisotopic (exact) mass is 586 g/mol. The number of Topliss-reactive ketones (excluding diaryl/α,β-unsaturated/α-hetero) is 1. The van der Waals surface area contributed by atoms with Crippen LogP contribution in [0.5, 0.6) is 11.5 Å². The van der Waals surface area contributed by atoms with Crippen molar-refractivity contribution in [1.82, 2.24) is 0 Å². The molecule has 9 heteroatoms. The number of carbonyl (C=O) groups excluding carboxylic acids is 1. The van der Waals surface area contributed by atoms with E-state index in [4.69, 9.17) is 55.7 Å². The van der Waals surface area contributed by atoms with Gasteiger partial charge in [-0.15, -0.1) is 0 Å². The molecule has 2 aliphatic heterocycles. The van der Waals surface area contributed by atoms with E-state index in [9.17, 15) is 9.90 Å². The highest BCUT2D eigenvalue weighted by molar-refractivity contribution is 7.61. The summed E-state index contributed by atoms with van der Waals surface area (Å²) in [5.74, 6) is -0.416. The molecule has 2 aliphatic rings. The van der Waals surface area contributed by atoms with Gasteiger partial charge < -0.3 is 14.4 Å². The first kappa shape index (κ1) is 24.6. The third-order valence-corrected chi connectivity index (χ3v) is 10.4. The minimum atomic E-state index is -2.08. The molecule has 4 aromatic carbocycles. The number of carbonyl (C=O) groups is 1. The normalized spacial score (nSPS) is 21.2. The number of hydrogen-bond donors (Lipinski definition) is 1. The third-order valence-electron chi connectivity index (χ3n) is 6.29. The predicted octanol–water partition coefficient (Wildman–Crippen LogP) is 9.49. The number of ether oxygens (including phenoxy) is 1. The maximum Gasteiger partial charge on any atom is 0.218 e. The molecular formula is C28H15Cl4O4P. The largest absolute Gasteiger partial charge is 0.506 e. The summed E-state index contributed by atoms with van der Waals surface area (Å²) in [4.78, 5) is 14.0. The number of allylic oxidation sites excluding steroid dienone is 1. The second-order valence-electron chi connectivity index (χ2n) is 8.35. The van der Waals surface area contributed by atoms with Crippen molar-refractivity contribution >= 4 is 66.1 Å². The highest BCUT2D eigenvalue weighted by Crippen LogP contribution is 2.74. The summed E-state index contributed by atoms with van der Waals surface area (Å²) in [5, 5.41) is 10.3. The maximum absolute atomic E-state index is 14.0. The smallest absolute Gasteiger partial charge is 0.218 e. The first-order valence-corrected chi connectivity index (χ1v) is 13.8. The minimum absolute atomic E-state index is 0.0000804. The number of ketones is 1. The van der Waals surface area contributed by atoms with Gasteiger partial charge in [0.2, 0.25) is 11.1 Å². The Kier molecular flexibility index (Phi) is 6.14. The van der Waals surface area contributed by atoms with Crippen LogP contribution >= 0.6 is 54.6 Å². The van der Waals surface area contributed by atoms with Crippen molar-refractivity contribution in [2.45, 2.75) is 5.34 Å². The fourth-order valence-corrected chi connectivity index (χ4v) is 8.04. The van der Waals surface area contributed by atoms with Gasteiger partial charge in [0.1, 0.15) is 21.1 Å². The van der Waals surface area contributed by atoms with Crippen LogP contribution in [0, 0.1) is 0 Å². The van der Waals surface area contributed by atoms with Crippen LogP contribution in [0.4, 0.5) is 0 Å². The quantitative estimate of drug-likeness (QED) is 0.0834. The van der Waals surface area contributed by atoms with Crippen molar-refractivity contribution in [1.29, 1.82) is 0 Å². The zero-order chi connectivity index (χ0) is 25.9. The first-order valence-electron chi connectivity index (χ1n) is 11.1. The Morgan fingerprint density at radius 1 is 0.730 bits per heavy atom. The molecule has 4 aromatic rings. The molecule has 2 unspecified atom stereocenters. The van der Waals surface area contributed by atoms with Crippen molar-refractivity contribution in [3.8, 4) is 11.5 Å². The maximum atomic E-state index is 14.0. The number of rotatable bonds is 2. The second-order valence-corrected chi connectivity index (χ2v) is 11.7. The van der Waals surface area contributed by atoms with Crippen molar-refractivity contribution in [3.63, 3.8) is 0 Å². The van der Waals surface area contributed by atoms with E-state index in [1.54, 1.807) is 36.4 Å². The molecule has 37 heavy (non-hydrogen) atoms. The molecule has 0 fully saturated rings. The minimum Gasteiger partial charge on any atom is -0.506 e. The van der Waals surface area contributed by atoms with Gasteiger partial charge in [-0.05, 0) is 0 Å². The molecule has 0 spiro atoms. The van der Waals surface area contributed by atoms with E-state index in [-0.39, 0.29) is 48.4 Å². The Labute approximate surface area is 233 Å². The average Bonchev–Trinajstić information content (AvgIpc) is 2.95. The van der Waals surface area contributed by atoms with Crippen molar-refractivity contribution < 1.29 is 19.2 Å². The van der Waals surface area contributed by atoms with Gasteiger partial charge in [-0.2, -0.15) is 0 Å². The molecule has 0 saturated heterocycles. The topological polar surface area (TPSA) is 55.8 Å². The van der Waals surface area contributed by atoms with E-state index < -0.39 is 13.5 Å². The summed E-state index contributed by atoms with van der Waals surface area (Å²) in [7, 11) is -2.08. The Morgan fingerprint density at radius 2 is 1.30 bits per heavy atom. The van der Waals surface area contributed by atoms with Crippen LogP contribution in [0.3, 0.4) is 0 Å². The van der Waals surface area contributed by atoms with Crippen LogP contribution in [-0.4, -0.2) is 10.9 Å². The SMILES string of the molecule is O=C1/C(=C(/O)c2ccccc2)P2Oc3c(Cl)c(Cl)c(Cl)c(Cl)c3OC2(c2ccccc2)c2ccccc21. The van der Waals surface area contributed by atoms with Crippen molar-refractivity contribution in [2.75, 3.05) is 0 Å². The van der Waals surface area contributed by atoms with Gasteiger partial charge >= 0.3 is 0 Å². The summed E-state index contributed by atoms with van der Waals surface area (Å²) in [6, 6.07) is 25.2. The zero-order valence-electron chi connectivity index (χ0n) is 18.7. The summed E-state index contributed by atoms with van der Waals surface area (Å²) < 4.78 is 13.4. The molecule has 0 aliphatic carbocycles. The Hall–Kier alpha value is -2.72. The number of fused-ring (bicyclic) bond motifs is 4. The van der Waals surface area contributed by atoms with Crippen LogP contribution in [0.1, 0.15) is 27.0 Å². The molecule has 0 amide bonds. The van der Waals surface area contributed by atoms with Crippen molar-refractivity contribution in [2.24, 2.45) is 0 Å². The van der Waals surface area contributed by atoms with E-state index in [0.29, 0.717) is 22.3 Å². The number of aliphatic hydroxyl groups excluding tert-OH is 1. The number of hydrogen-bond acceptors (Lipinski definition) is 4. The molecule has 2 atom stereocenters. The second kappa shape index (κ2) is 9.23. The van der Waals surface area contributed by atoms with Crippen LogP contribution in [0.25, 0.3) is 5.76 Å². The molecule has 0 aromatic heterocycles. The Bertz CT molecular complexity index is 1610. The van der Waals surface area contributed by atoms with E-state index in [2.05, 4.69) is 0 Å². The highest BCUT2D eigenvalue weighted by Gasteiger charge is 2.60. The predicted molar refractivity (Wildman–Crippen MR) is 149 cm³/mol. The van der Waals surface area contributed by atoms with Gasteiger partial charge in [0.15, 0.2) is 19.6 Å². The molecule has 0 saturated carbocycles. The van der Waals surface area contributed by atoms with Crippen LogP contribution < -0.4 is 9.26 Å². The fraction of sp³-hybridized carbons (Fsp3) is 0.0357. The van der Waals surface area contributed by atoms with E-state index in [1.807, 2.05) is 48.5 Å². The summed E-state index contributed by atoms with van der Waals surface area (Å²) in [6.07, 6.45) is 0. The van der Waals surface area contributed by atoms with Gasteiger partial charge in [-0.1, -0.05) is 131 Å². The van der Waals surface area contributed by atoms with Gasteiger partial charge in [0.05, 0.1) is 10.0 Å². The number of halogens is 4. The van der Waals surface area contributed by atoms with Gasteiger partial charge in [0.25, 0.3) is 0 Å². The standard InChI is InChI=1S/C28H15Cl4O4P/c29-19-20(30)22(32)26-25(21(19)31)35-28(16-11-5-2-6-12-16)18-14-8-7-13-17(18)24(34)27(37(28)36-26)23(33)15-9-3-1-4-10-15/h1-14,33H/b27-23-. The molecule has 2 heterocycles. The lowest BCUT2D eigenvalue weighted by molar-refractivity contribution is 0.101. The van der Waals surface area contributed by atoms with E-state index in [1.165, 1.54) is 0 Å². The lowest BCUT2D eigenvalue weighted by Gasteiger charge is -2.48. The summed E-state index contributed by atoms with van der Waals surface area (Å²) in [5.41, 5.74) is 2.11. The van der Waals surface area contributed by atoms with Gasteiger partial charge in [-0.3, -0.25) is 4.79 Å². The Balaban J connectivity index is 1.76. The summed E-state index contributed by atoms with van der Waals surface area (Å²) >= 11 is 25.9. The van der Waals surface area contributed by atoms with Crippen LogP contribution in [0.15, 0.2) is 90.2 Å². The van der Waals surface area contributed by atoms with Crippen LogP contribution in [0.2, 0.25) is 20.1 Å². The van der Waals surface area contributed by atoms with Crippen LogP contribution in [-0.2, 0) is 5.34 Å². The molecular weight excluding hydrogens is 573 g/mol. The highest BCUT2D eigenvalue weighted by atomic mass is 35.5. The molecule has 1 N–H and O–H groups in total.